The lowest BCUT2D eigenvalue weighted by atomic mass is 9.62. The van der Waals surface area contributed by atoms with Gasteiger partial charge in [-0.05, 0) is 72.5 Å². The van der Waals surface area contributed by atoms with E-state index in [9.17, 15) is 5.11 Å². The third kappa shape index (κ3) is 0.939. The van der Waals surface area contributed by atoms with Crippen LogP contribution in [-0.2, 0) is 0 Å². The molecule has 0 heterocycles. The Morgan fingerprint density at radius 3 is 2.50 bits per heavy atom. The van der Waals surface area contributed by atoms with E-state index in [0.29, 0.717) is 17.9 Å². The lowest BCUT2D eigenvalue weighted by Gasteiger charge is -2.42. The summed E-state index contributed by atoms with van der Waals surface area (Å²) in [4.78, 5) is 0. The first-order valence-electron chi connectivity index (χ1n) is 7.24. The Morgan fingerprint density at radius 2 is 1.81 bits per heavy atom. The number of rotatable bonds is 1. The normalized spacial score (nSPS) is 60.6. The van der Waals surface area contributed by atoms with E-state index in [1.54, 1.807) is 0 Å². The average molecular weight is 220 g/mol. The SMILES string of the molecule is CC1(C)CC2CC1C1C3CCC(C3CO)C21. The summed E-state index contributed by atoms with van der Waals surface area (Å²) in [5, 5.41) is 9.63. The minimum Gasteiger partial charge on any atom is -0.396 e. The molecule has 0 saturated heterocycles. The highest BCUT2D eigenvalue weighted by atomic mass is 16.3. The molecule has 1 heteroatoms. The molecule has 4 fully saturated rings. The molecule has 16 heavy (non-hydrogen) atoms. The lowest BCUT2D eigenvalue weighted by molar-refractivity contribution is 0.0579. The summed E-state index contributed by atoms with van der Waals surface area (Å²) in [6, 6.07) is 0. The Kier molecular flexibility index (Phi) is 1.77. The molecule has 90 valence electrons. The van der Waals surface area contributed by atoms with Crippen molar-refractivity contribution in [2.24, 2.45) is 46.8 Å². The highest BCUT2D eigenvalue weighted by Crippen LogP contribution is 2.73. The smallest absolute Gasteiger partial charge is 0.0464 e. The first kappa shape index (κ1) is 9.94. The van der Waals surface area contributed by atoms with Gasteiger partial charge >= 0.3 is 0 Å². The molecule has 4 rings (SSSR count). The molecule has 7 unspecified atom stereocenters. The fourth-order valence-corrected chi connectivity index (χ4v) is 6.69. The summed E-state index contributed by atoms with van der Waals surface area (Å²) in [5.41, 5.74) is 0.607. The molecule has 0 aromatic carbocycles. The van der Waals surface area contributed by atoms with E-state index in [0.717, 1.165) is 35.5 Å². The van der Waals surface area contributed by atoms with Gasteiger partial charge in [-0.3, -0.25) is 0 Å². The van der Waals surface area contributed by atoms with E-state index < -0.39 is 0 Å². The fourth-order valence-electron chi connectivity index (χ4n) is 6.69. The maximum absolute atomic E-state index is 9.63. The van der Waals surface area contributed by atoms with Gasteiger partial charge in [0.15, 0.2) is 0 Å². The maximum Gasteiger partial charge on any atom is 0.0464 e. The van der Waals surface area contributed by atoms with Gasteiger partial charge in [0.25, 0.3) is 0 Å². The molecular weight excluding hydrogens is 196 g/mol. The van der Waals surface area contributed by atoms with E-state index in [-0.39, 0.29) is 0 Å². The van der Waals surface area contributed by atoms with Gasteiger partial charge in [0.1, 0.15) is 0 Å². The summed E-state index contributed by atoms with van der Waals surface area (Å²) in [7, 11) is 0. The third-order valence-corrected chi connectivity index (χ3v) is 6.93. The van der Waals surface area contributed by atoms with Gasteiger partial charge in [0, 0.05) is 6.61 Å². The number of aliphatic hydroxyl groups is 1. The second kappa shape index (κ2) is 2.85. The van der Waals surface area contributed by atoms with Gasteiger partial charge in [0.05, 0.1) is 0 Å². The Morgan fingerprint density at radius 1 is 1.12 bits per heavy atom. The second-order valence-corrected chi connectivity index (χ2v) is 7.70. The minimum atomic E-state index is 0.474. The van der Waals surface area contributed by atoms with Crippen molar-refractivity contribution in [2.75, 3.05) is 6.61 Å². The molecule has 0 spiro atoms. The topological polar surface area (TPSA) is 20.2 Å². The van der Waals surface area contributed by atoms with Gasteiger partial charge in [-0.1, -0.05) is 13.8 Å². The summed E-state index contributed by atoms with van der Waals surface area (Å²) >= 11 is 0. The van der Waals surface area contributed by atoms with Gasteiger partial charge in [0.2, 0.25) is 0 Å². The van der Waals surface area contributed by atoms with Gasteiger partial charge < -0.3 is 5.11 Å². The summed E-state index contributed by atoms with van der Waals surface area (Å²) < 4.78 is 0. The summed E-state index contributed by atoms with van der Waals surface area (Å²) in [5.74, 6) is 6.54. The standard InChI is InChI=1S/C15H24O/c1-15(2)6-8-5-12(15)14-10-4-3-9(13(8)14)11(10)7-16/h8-14,16H,3-7H2,1-2H3. The lowest BCUT2D eigenvalue weighted by Crippen LogP contribution is -2.36. The summed E-state index contributed by atoms with van der Waals surface area (Å²) in [6.07, 6.45) is 5.85. The van der Waals surface area contributed by atoms with Gasteiger partial charge in [-0.25, -0.2) is 0 Å². The number of hydrogen-bond donors (Lipinski definition) is 1. The third-order valence-electron chi connectivity index (χ3n) is 6.93. The van der Waals surface area contributed by atoms with Crippen LogP contribution in [0.1, 0.15) is 39.5 Å². The monoisotopic (exact) mass is 220 g/mol. The van der Waals surface area contributed by atoms with Crippen LogP contribution in [0.25, 0.3) is 0 Å². The van der Waals surface area contributed by atoms with Crippen molar-refractivity contribution >= 4 is 0 Å². The number of aliphatic hydroxyl groups excluding tert-OH is 1. The molecule has 4 aliphatic carbocycles. The highest BCUT2D eigenvalue weighted by Gasteiger charge is 2.67. The largest absolute Gasteiger partial charge is 0.396 e. The minimum absolute atomic E-state index is 0.474. The van der Waals surface area contributed by atoms with Crippen molar-refractivity contribution in [1.82, 2.24) is 0 Å². The molecule has 0 radical (unpaired) electrons. The predicted molar refractivity (Wildman–Crippen MR) is 63.8 cm³/mol. The van der Waals surface area contributed by atoms with Crippen LogP contribution in [0.5, 0.6) is 0 Å². The van der Waals surface area contributed by atoms with Crippen LogP contribution in [-0.4, -0.2) is 11.7 Å². The molecule has 0 amide bonds. The first-order valence-corrected chi connectivity index (χ1v) is 7.24. The van der Waals surface area contributed by atoms with Crippen LogP contribution < -0.4 is 0 Å². The molecule has 7 atom stereocenters. The van der Waals surface area contributed by atoms with Gasteiger partial charge in [-0.2, -0.15) is 0 Å². The zero-order chi connectivity index (χ0) is 11.1. The molecule has 1 nitrogen and oxygen atoms in total. The van der Waals surface area contributed by atoms with E-state index in [2.05, 4.69) is 13.8 Å². The molecule has 4 saturated carbocycles. The van der Waals surface area contributed by atoms with Crippen molar-refractivity contribution < 1.29 is 5.11 Å². The Bertz CT molecular complexity index is 321. The van der Waals surface area contributed by atoms with Crippen LogP contribution in [0.2, 0.25) is 0 Å². The number of hydrogen-bond acceptors (Lipinski definition) is 1. The molecular formula is C15H24O. The molecule has 4 aliphatic rings. The molecule has 0 aromatic rings. The van der Waals surface area contributed by atoms with E-state index in [4.69, 9.17) is 0 Å². The van der Waals surface area contributed by atoms with Crippen LogP contribution in [0, 0.1) is 46.8 Å². The maximum atomic E-state index is 9.63. The predicted octanol–water partition coefficient (Wildman–Crippen LogP) is 2.93. The molecule has 4 bridgehead atoms. The van der Waals surface area contributed by atoms with Gasteiger partial charge in [-0.15, -0.1) is 0 Å². The fraction of sp³-hybridized carbons (Fsp3) is 1.00. The van der Waals surface area contributed by atoms with Crippen LogP contribution in [0.15, 0.2) is 0 Å². The Balaban J connectivity index is 1.72. The van der Waals surface area contributed by atoms with Crippen LogP contribution in [0.3, 0.4) is 0 Å². The second-order valence-electron chi connectivity index (χ2n) is 7.70. The molecule has 0 aliphatic heterocycles. The Labute approximate surface area is 98.6 Å². The number of fused-ring (bicyclic) bond motifs is 9. The highest BCUT2D eigenvalue weighted by molar-refractivity contribution is 5.15. The van der Waals surface area contributed by atoms with Crippen molar-refractivity contribution in [3.05, 3.63) is 0 Å². The average Bonchev–Trinajstić information content (AvgIpc) is 2.89. The van der Waals surface area contributed by atoms with Crippen LogP contribution >= 0.6 is 0 Å². The van der Waals surface area contributed by atoms with E-state index >= 15 is 0 Å². The molecule has 1 N–H and O–H groups in total. The van der Waals surface area contributed by atoms with Crippen LogP contribution in [0.4, 0.5) is 0 Å². The Hall–Kier alpha value is -0.0400. The van der Waals surface area contributed by atoms with Crippen molar-refractivity contribution in [3.63, 3.8) is 0 Å². The van der Waals surface area contributed by atoms with E-state index in [1.165, 1.54) is 25.7 Å². The van der Waals surface area contributed by atoms with Crippen molar-refractivity contribution in [2.45, 2.75) is 39.5 Å². The van der Waals surface area contributed by atoms with Crippen molar-refractivity contribution in [3.8, 4) is 0 Å². The summed E-state index contributed by atoms with van der Waals surface area (Å²) in [6.45, 7) is 5.46. The van der Waals surface area contributed by atoms with E-state index in [1.807, 2.05) is 0 Å². The van der Waals surface area contributed by atoms with Crippen molar-refractivity contribution in [1.29, 1.82) is 0 Å². The molecule has 0 aromatic heterocycles. The quantitative estimate of drug-likeness (QED) is 0.674. The zero-order valence-electron chi connectivity index (χ0n) is 10.5. The zero-order valence-corrected chi connectivity index (χ0v) is 10.5. The first-order chi connectivity index (χ1) is 7.63.